The van der Waals surface area contributed by atoms with Gasteiger partial charge in [0, 0.05) is 35.9 Å². The molecule has 1 aromatic heterocycles. The Morgan fingerprint density at radius 3 is 2.54 bits per heavy atom. The fraction of sp³-hybridized carbons (Fsp3) is 0.476. The maximum atomic E-state index is 13.1. The van der Waals surface area contributed by atoms with Crippen LogP contribution in [0.15, 0.2) is 35.1 Å². The second kappa shape index (κ2) is 8.35. The highest BCUT2D eigenvalue weighted by Gasteiger charge is 2.35. The standard InChI is InChI=1S/C21H27ClN4O2/c1-4-16-13-18(27)25-20(23-16)24-17-9-11-26(12-10-17)19(28)21(2,3)14-5-7-15(22)8-6-14/h5-8,13,17H,4,9-12H2,1-3H3,(H2,23,24,25,27). The largest absolute Gasteiger partial charge is 0.353 e. The third-order valence-electron chi connectivity index (χ3n) is 5.38. The average Bonchev–Trinajstić information content (AvgIpc) is 2.68. The topological polar surface area (TPSA) is 78.1 Å². The second-order valence-corrected chi connectivity index (χ2v) is 8.22. The summed E-state index contributed by atoms with van der Waals surface area (Å²) in [6.45, 7) is 7.22. The van der Waals surface area contributed by atoms with Crippen molar-refractivity contribution in [2.24, 2.45) is 0 Å². The number of likely N-dealkylation sites (tertiary alicyclic amines) is 1. The number of anilines is 1. The quantitative estimate of drug-likeness (QED) is 0.803. The van der Waals surface area contributed by atoms with Crippen molar-refractivity contribution in [1.82, 2.24) is 14.9 Å². The number of hydrogen-bond donors (Lipinski definition) is 2. The summed E-state index contributed by atoms with van der Waals surface area (Å²) in [5.41, 5.74) is 0.975. The van der Waals surface area contributed by atoms with E-state index in [1.807, 2.05) is 49.9 Å². The third kappa shape index (κ3) is 4.55. The van der Waals surface area contributed by atoms with Crippen LogP contribution in [0, 0.1) is 0 Å². The minimum absolute atomic E-state index is 0.118. The molecule has 1 amide bonds. The molecular weight excluding hydrogens is 376 g/mol. The minimum atomic E-state index is -0.604. The number of H-pyrrole nitrogens is 1. The van der Waals surface area contributed by atoms with Gasteiger partial charge in [0.2, 0.25) is 11.9 Å². The summed E-state index contributed by atoms with van der Waals surface area (Å²) in [6.07, 6.45) is 2.33. The van der Waals surface area contributed by atoms with Crippen LogP contribution in [-0.2, 0) is 16.6 Å². The third-order valence-corrected chi connectivity index (χ3v) is 5.63. The van der Waals surface area contributed by atoms with Crippen molar-refractivity contribution in [2.75, 3.05) is 18.4 Å². The molecule has 1 aromatic carbocycles. The lowest BCUT2D eigenvalue weighted by Gasteiger charge is -2.37. The highest BCUT2D eigenvalue weighted by atomic mass is 35.5. The number of rotatable bonds is 5. The molecule has 28 heavy (non-hydrogen) atoms. The van der Waals surface area contributed by atoms with Crippen molar-refractivity contribution in [3.8, 4) is 0 Å². The smallest absolute Gasteiger partial charge is 0.252 e. The van der Waals surface area contributed by atoms with Crippen LogP contribution in [0.5, 0.6) is 0 Å². The van der Waals surface area contributed by atoms with Gasteiger partial charge in [-0.1, -0.05) is 30.7 Å². The molecule has 2 N–H and O–H groups in total. The van der Waals surface area contributed by atoms with Gasteiger partial charge in [0.25, 0.3) is 5.56 Å². The van der Waals surface area contributed by atoms with Gasteiger partial charge < -0.3 is 10.2 Å². The van der Waals surface area contributed by atoms with Crippen molar-refractivity contribution < 1.29 is 4.79 Å². The van der Waals surface area contributed by atoms with E-state index < -0.39 is 5.41 Å². The van der Waals surface area contributed by atoms with Gasteiger partial charge in [0.05, 0.1) is 5.41 Å². The second-order valence-electron chi connectivity index (χ2n) is 7.78. The Balaban J connectivity index is 1.61. The number of carbonyl (C=O) groups is 1. The molecule has 1 aliphatic heterocycles. The molecule has 1 aliphatic rings. The summed E-state index contributed by atoms with van der Waals surface area (Å²) in [7, 11) is 0. The molecule has 1 saturated heterocycles. The maximum absolute atomic E-state index is 13.1. The summed E-state index contributed by atoms with van der Waals surface area (Å²) in [4.78, 5) is 33.9. The van der Waals surface area contributed by atoms with E-state index in [2.05, 4.69) is 15.3 Å². The Kier molecular flexibility index (Phi) is 6.08. The lowest BCUT2D eigenvalue weighted by molar-refractivity contribution is -0.137. The maximum Gasteiger partial charge on any atom is 0.252 e. The number of aromatic nitrogens is 2. The molecule has 0 aliphatic carbocycles. The van der Waals surface area contributed by atoms with Crippen LogP contribution < -0.4 is 10.9 Å². The highest BCUT2D eigenvalue weighted by Crippen LogP contribution is 2.28. The molecule has 3 rings (SSSR count). The van der Waals surface area contributed by atoms with Gasteiger partial charge >= 0.3 is 0 Å². The number of amides is 1. The molecular formula is C21H27ClN4O2. The van der Waals surface area contributed by atoms with E-state index >= 15 is 0 Å². The van der Waals surface area contributed by atoms with Crippen LogP contribution >= 0.6 is 11.6 Å². The van der Waals surface area contributed by atoms with E-state index in [4.69, 9.17) is 11.6 Å². The van der Waals surface area contributed by atoms with Crippen LogP contribution in [0.2, 0.25) is 5.02 Å². The lowest BCUT2D eigenvalue weighted by atomic mass is 9.82. The van der Waals surface area contributed by atoms with Crippen LogP contribution in [0.3, 0.4) is 0 Å². The normalized spacial score (nSPS) is 15.5. The van der Waals surface area contributed by atoms with Crippen LogP contribution in [0.1, 0.15) is 44.9 Å². The molecule has 0 atom stereocenters. The van der Waals surface area contributed by atoms with Crippen molar-refractivity contribution in [3.05, 3.63) is 57.0 Å². The van der Waals surface area contributed by atoms with Gasteiger partial charge in [-0.15, -0.1) is 0 Å². The number of nitrogens with zero attached hydrogens (tertiary/aromatic N) is 2. The molecule has 0 bridgehead atoms. The van der Waals surface area contributed by atoms with Crippen molar-refractivity contribution >= 4 is 23.5 Å². The fourth-order valence-corrected chi connectivity index (χ4v) is 3.69. The monoisotopic (exact) mass is 402 g/mol. The summed E-state index contributed by atoms with van der Waals surface area (Å²) in [6, 6.07) is 9.17. The van der Waals surface area contributed by atoms with E-state index in [0.29, 0.717) is 30.5 Å². The van der Waals surface area contributed by atoms with Crippen LogP contribution in [-0.4, -0.2) is 39.9 Å². The number of halogens is 1. The van der Waals surface area contributed by atoms with E-state index in [9.17, 15) is 9.59 Å². The molecule has 2 heterocycles. The molecule has 7 heteroatoms. The van der Waals surface area contributed by atoms with Gasteiger partial charge in [-0.3, -0.25) is 14.6 Å². The number of hydrogen-bond acceptors (Lipinski definition) is 4. The number of benzene rings is 1. The molecule has 0 spiro atoms. The number of aryl methyl sites for hydroxylation is 1. The zero-order chi connectivity index (χ0) is 20.3. The average molecular weight is 403 g/mol. The highest BCUT2D eigenvalue weighted by molar-refractivity contribution is 6.30. The van der Waals surface area contributed by atoms with Crippen molar-refractivity contribution in [2.45, 2.75) is 51.5 Å². The fourth-order valence-electron chi connectivity index (χ4n) is 3.56. The van der Waals surface area contributed by atoms with Gasteiger partial charge in [0.15, 0.2) is 0 Å². The predicted molar refractivity (Wildman–Crippen MR) is 112 cm³/mol. The first kappa shape index (κ1) is 20.4. The van der Waals surface area contributed by atoms with Gasteiger partial charge in [0.1, 0.15) is 0 Å². The number of piperidine rings is 1. The molecule has 1 fully saturated rings. The van der Waals surface area contributed by atoms with E-state index in [1.165, 1.54) is 6.07 Å². The summed E-state index contributed by atoms with van der Waals surface area (Å²) in [5.74, 6) is 0.628. The molecule has 0 unspecified atom stereocenters. The SMILES string of the molecule is CCc1cc(=O)[nH]c(NC2CCN(C(=O)C(C)(C)c3ccc(Cl)cc3)CC2)n1. The molecule has 6 nitrogen and oxygen atoms in total. The number of nitrogens with one attached hydrogen (secondary N) is 2. The van der Waals surface area contributed by atoms with Gasteiger partial charge in [-0.2, -0.15) is 0 Å². The summed E-state index contributed by atoms with van der Waals surface area (Å²) in [5, 5.41) is 3.98. The molecule has 0 saturated carbocycles. The Hall–Kier alpha value is -2.34. The van der Waals surface area contributed by atoms with Crippen LogP contribution in [0.25, 0.3) is 0 Å². The Labute approximate surface area is 170 Å². The lowest BCUT2D eigenvalue weighted by Crippen LogP contribution is -2.49. The molecule has 0 radical (unpaired) electrons. The van der Waals surface area contributed by atoms with Gasteiger partial charge in [-0.25, -0.2) is 4.98 Å². The first-order valence-corrected chi connectivity index (χ1v) is 10.1. The Morgan fingerprint density at radius 2 is 1.93 bits per heavy atom. The van der Waals surface area contributed by atoms with E-state index in [0.717, 1.165) is 24.1 Å². The first-order valence-electron chi connectivity index (χ1n) is 9.72. The van der Waals surface area contributed by atoms with Crippen molar-refractivity contribution in [3.63, 3.8) is 0 Å². The summed E-state index contributed by atoms with van der Waals surface area (Å²) >= 11 is 5.97. The Bertz CT molecular complexity index is 884. The van der Waals surface area contributed by atoms with E-state index in [-0.39, 0.29) is 17.5 Å². The molecule has 150 valence electrons. The molecule has 2 aromatic rings. The Morgan fingerprint density at radius 1 is 1.29 bits per heavy atom. The van der Waals surface area contributed by atoms with Crippen LogP contribution in [0.4, 0.5) is 5.95 Å². The summed E-state index contributed by atoms with van der Waals surface area (Å²) < 4.78 is 0. The minimum Gasteiger partial charge on any atom is -0.353 e. The zero-order valence-corrected chi connectivity index (χ0v) is 17.3. The first-order chi connectivity index (χ1) is 13.3. The number of carbonyl (C=O) groups excluding carboxylic acids is 1. The van der Waals surface area contributed by atoms with Crippen molar-refractivity contribution in [1.29, 1.82) is 0 Å². The van der Waals surface area contributed by atoms with E-state index in [1.54, 1.807) is 0 Å². The number of aromatic amines is 1. The zero-order valence-electron chi connectivity index (χ0n) is 16.6. The van der Waals surface area contributed by atoms with Gasteiger partial charge in [-0.05, 0) is 50.8 Å². The predicted octanol–water partition coefficient (Wildman–Crippen LogP) is 3.37.